The van der Waals surface area contributed by atoms with E-state index in [0.29, 0.717) is 12.5 Å². The molecular formula is C24H25NO2. The van der Waals surface area contributed by atoms with Crippen LogP contribution in [0.5, 0.6) is 11.5 Å². The van der Waals surface area contributed by atoms with E-state index in [0.717, 1.165) is 50.2 Å². The molecule has 3 heteroatoms. The minimum atomic E-state index is -0.144. The van der Waals surface area contributed by atoms with Crippen molar-refractivity contribution in [3.05, 3.63) is 71.3 Å². The molecule has 0 bridgehead atoms. The van der Waals surface area contributed by atoms with Crippen LogP contribution in [0.4, 0.5) is 0 Å². The zero-order valence-electron chi connectivity index (χ0n) is 15.6. The van der Waals surface area contributed by atoms with Crippen molar-refractivity contribution in [2.24, 2.45) is 10.9 Å². The Morgan fingerprint density at radius 3 is 2.63 bits per heavy atom. The molecule has 0 saturated heterocycles. The maximum atomic E-state index is 6.20. The van der Waals surface area contributed by atoms with Crippen molar-refractivity contribution in [1.82, 2.24) is 0 Å². The number of hydrogen-bond donors (Lipinski definition) is 0. The first-order valence-electron chi connectivity index (χ1n) is 10.0. The van der Waals surface area contributed by atoms with Gasteiger partial charge in [0.15, 0.2) is 11.5 Å². The normalized spacial score (nSPS) is 23.1. The van der Waals surface area contributed by atoms with Gasteiger partial charge in [0.1, 0.15) is 0 Å². The Hall–Kier alpha value is -2.55. The average molecular weight is 359 g/mol. The molecule has 0 saturated carbocycles. The maximum absolute atomic E-state index is 6.20. The predicted octanol–water partition coefficient (Wildman–Crippen LogP) is 4.57. The Balaban J connectivity index is 1.30. The second-order valence-electron chi connectivity index (χ2n) is 7.80. The Morgan fingerprint density at radius 2 is 1.85 bits per heavy atom. The molecule has 3 aliphatic rings. The highest BCUT2D eigenvalue weighted by atomic mass is 16.5. The fourth-order valence-corrected chi connectivity index (χ4v) is 4.74. The molecule has 138 valence electrons. The lowest BCUT2D eigenvalue weighted by atomic mass is 9.80. The van der Waals surface area contributed by atoms with Crippen LogP contribution in [0.2, 0.25) is 0 Å². The van der Waals surface area contributed by atoms with E-state index < -0.39 is 0 Å². The number of benzene rings is 2. The molecule has 0 amide bonds. The van der Waals surface area contributed by atoms with Crippen LogP contribution < -0.4 is 9.47 Å². The monoisotopic (exact) mass is 359 g/mol. The summed E-state index contributed by atoms with van der Waals surface area (Å²) >= 11 is 0. The summed E-state index contributed by atoms with van der Waals surface area (Å²) in [6.45, 7) is 1.43. The number of fused-ring (bicyclic) bond motifs is 2. The Morgan fingerprint density at radius 1 is 1.04 bits per heavy atom. The van der Waals surface area contributed by atoms with Crippen molar-refractivity contribution in [3.63, 3.8) is 0 Å². The van der Waals surface area contributed by atoms with Crippen LogP contribution in [-0.2, 0) is 19.3 Å². The standard InChI is InChI=1S/C24H25NO2/c1-2-7-20-17-21(16-19(20)6-1)24(11-5-13-25-24)12-15-26-22-10-3-8-18-9-4-14-27-23(18)22/h1-3,5-8,10-11,13,21H,4,9,12,14-17H2. The van der Waals surface area contributed by atoms with Crippen LogP contribution in [0.1, 0.15) is 29.5 Å². The van der Waals surface area contributed by atoms with E-state index in [4.69, 9.17) is 14.5 Å². The van der Waals surface area contributed by atoms with Gasteiger partial charge in [-0.05, 0) is 60.4 Å². The van der Waals surface area contributed by atoms with Crippen LogP contribution in [0.25, 0.3) is 0 Å². The molecule has 2 heterocycles. The fraction of sp³-hybridized carbons (Fsp3) is 0.375. The third kappa shape index (κ3) is 3.05. The van der Waals surface area contributed by atoms with E-state index in [1.807, 2.05) is 12.3 Å². The van der Waals surface area contributed by atoms with Gasteiger partial charge in [0, 0.05) is 12.6 Å². The van der Waals surface area contributed by atoms with Crippen molar-refractivity contribution in [1.29, 1.82) is 0 Å². The SMILES string of the molecule is C1=CC(CCOc2cccc3c2OCCC3)(C2Cc3ccccc3C2)N=C1. The number of para-hydroxylation sites is 1. The minimum Gasteiger partial charge on any atom is -0.490 e. The van der Waals surface area contributed by atoms with E-state index in [9.17, 15) is 0 Å². The van der Waals surface area contributed by atoms with Gasteiger partial charge < -0.3 is 9.47 Å². The number of aryl methyl sites for hydroxylation is 1. The van der Waals surface area contributed by atoms with Gasteiger partial charge in [-0.15, -0.1) is 0 Å². The summed E-state index contributed by atoms with van der Waals surface area (Å²) in [5.74, 6) is 2.33. The molecule has 3 nitrogen and oxygen atoms in total. The van der Waals surface area contributed by atoms with Crippen molar-refractivity contribution in [2.75, 3.05) is 13.2 Å². The lowest BCUT2D eigenvalue weighted by molar-refractivity contribution is 0.221. The van der Waals surface area contributed by atoms with Crippen LogP contribution >= 0.6 is 0 Å². The second-order valence-corrected chi connectivity index (χ2v) is 7.80. The molecule has 1 aliphatic carbocycles. The number of rotatable bonds is 5. The second kappa shape index (κ2) is 6.88. The minimum absolute atomic E-state index is 0.144. The first-order chi connectivity index (χ1) is 13.3. The van der Waals surface area contributed by atoms with Crippen LogP contribution in [-0.4, -0.2) is 25.0 Å². The van der Waals surface area contributed by atoms with E-state index in [1.54, 1.807) is 0 Å². The molecule has 27 heavy (non-hydrogen) atoms. The van der Waals surface area contributed by atoms with E-state index >= 15 is 0 Å². The lowest BCUT2D eigenvalue weighted by Gasteiger charge is -2.31. The molecule has 1 unspecified atom stereocenters. The van der Waals surface area contributed by atoms with Crippen LogP contribution in [0, 0.1) is 5.92 Å². The van der Waals surface area contributed by atoms with Crippen LogP contribution in [0.3, 0.4) is 0 Å². The summed E-state index contributed by atoms with van der Waals surface area (Å²) in [6, 6.07) is 15.0. The van der Waals surface area contributed by atoms with Crippen molar-refractivity contribution in [3.8, 4) is 11.5 Å². The van der Waals surface area contributed by atoms with Crippen LogP contribution in [0.15, 0.2) is 59.6 Å². The van der Waals surface area contributed by atoms with E-state index in [2.05, 4.69) is 48.6 Å². The number of aliphatic imine (C=N–C) groups is 1. The zero-order valence-corrected chi connectivity index (χ0v) is 15.6. The molecule has 0 spiro atoms. The van der Waals surface area contributed by atoms with E-state index in [-0.39, 0.29) is 5.54 Å². The summed E-state index contributed by atoms with van der Waals surface area (Å²) < 4.78 is 12.1. The van der Waals surface area contributed by atoms with Crippen molar-refractivity contribution in [2.45, 2.75) is 37.6 Å². The summed E-state index contributed by atoms with van der Waals surface area (Å²) in [6.07, 6.45) is 11.6. The number of nitrogens with zero attached hydrogens (tertiary/aromatic N) is 1. The van der Waals surface area contributed by atoms with Crippen molar-refractivity contribution >= 4 is 6.21 Å². The molecule has 0 radical (unpaired) electrons. The third-order valence-corrected chi connectivity index (χ3v) is 6.20. The molecule has 2 aromatic rings. The highest BCUT2D eigenvalue weighted by molar-refractivity contribution is 5.75. The van der Waals surface area contributed by atoms with Gasteiger partial charge in [-0.2, -0.15) is 0 Å². The summed E-state index contributed by atoms with van der Waals surface area (Å²) in [7, 11) is 0. The fourth-order valence-electron chi connectivity index (χ4n) is 4.74. The van der Waals surface area contributed by atoms with Crippen molar-refractivity contribution < 1.29 is 9.47 Å². The van der Waals surface area contributed by atoms with Gasteiger partial charge in [0.2, 0.25) is 0 Å². The number of hydrogen-bond acceptors (Lipinski definition) is 3. The molecule has 0 aromatic heterocycles. The van der Waals surface area contributed by atoms with Gasteiger partial charge in [0.05, 0.1) is 18.8 Å². The number of ether oxygens (including phenoxy) is 2. The Kier molecular flexibility index (Phi) is 4.23. The van der Waals surface area contributed by atoms with Gasteiger partial charge in [-0.1, -0.05) is 42.5 Å². The summed E-state index contributed by atoms with van der Waals surface area (Å²) in [5.41, 5.74) is 4.07. The highest BCUT2D eigenvalue weighted by Gasteiger charge is 2.40. The smallest absolute Gasteiger partial charge is 0.164 e. The molecule has 2 aliphatic heterocycles. The van der Waals surface area contributed by atoms with Gasteiger partial charge in [-0.25, -0.2) is 0 Å². The predicted molar refractivity (Wildman–Crippen MR) is 108 cm³/mol. The Labute approximate surface area is 160 Å². The van der Waals surface area contributed by atoms with Gasteiger partial charge in [-0.3, -0.25) is 4.99 Å². The van der Waals surface area contributed by atoms with E-state index in [1.165, 1.54) is 16.7 Å². The molecule has 2 aromatic carbocycles. The molecule has 0 fully saturated rings. The van der Waals surface area contributed by atoms with Gasteiger partial charge in [0.25, 0.3) is 0 Å². The topological polar surface area (TPSA) is 30.8 Å². The molecule has 0 N–H and O–H groups in total. The molecule has 5 rings (SSSR count). The molecule has 1 atom stereocenters. The summed E-state index contributed by atoms with van der Waals surface area (Å²) in [5, 5.41) is 0. The first-order valence-corrected chi connectivity index (χ1v) is 10.0. The quantitative estimate of drug-likeness (QED) is 0.783. The molecular weight excluding hydrogens is 334 g/mol. The summed E-state index contributed by atoms with van der Waals surface area (Å²) in [4.78, 5) is 4.90. The van der Waals surface area contributed by atoms with Gasteiger partial charge >= 0.3 is 0 Å². The largest absolute Gasteiger partial charge is 0.490 e. The third-order valence-electron chi connectivity index (χ3n) is 6.20. The Bertz CT molecular complexity index is 862. The first kappa shape index (κ1) is 16.6. The lowest BCUT2D eigenvalue weighted by Crippen LogP contribution is -2.35. The maximum Gasteiger partial charge on any atom is 0.164 e. The zero-order chi connectivity index (χ0) is 18.1. The average Bonchev–Trinajstić information content (AvgIpc) is 3.36. The number of allylic oxidation sites excluding steroid dienone is 1. The highest BCUT2D eigenvalue weighted by Crippen LogP contribution is 2.41.